The molecule has 1 aliphatic rings. The third-order valence-corrected chi connectivity index (χ3v) is 3.65. The van der Waals surface area contributed by atoms with Crippen molar-refractivity contribution in [3.05, 3.63) is 35.1 Å². The number of halogens is 1. The lowest BCUT2D eigenvalue weighted by molar-refractivity contribution is -0.145. The van der Waals surface area contributed by atoms with Crippen molar-refractivity contribution in [3.8, 4) is 0 Å². The first-order chi connectivity index (χ1) is 9.86. The van der Waals surface area contributed by atoms with E-state index in [1.165, 1.54) is 12.1 Å². The Hall–Kier alpha value is -1.91. The first-order valence-corrected chi connectivity index (χ1v) is 7.20. The van der Waals surface area contributed by atoms with Crippen molar-refractivity contribution < 1.29 is 14.0 Å². The van der Waals surface area contributed by atoms with Crippen molar-refractivity contribution >= 4 is 11.8 Å². The summed E-state index contributed by atoms with van der Waals surface area (Å²) in [6, 6.07) is 4.03. The maximum atomic E-state index is 13.1. The number of carbonyl (C=O) groups excluding carboxylic acids is 2. The smallest absolute Gasteiger partial charge is 0.245 e. The van der Waals surface area contributed by atoms with E-state index < -0.39 is 6.04 Å². The lowest BCUT2D eigenvalue weighted by atomic mass is 10.00. The van der Waals surface area contributed by atoms with Crippen LogP contribution in [-0.2, 0) is 16.1 Å². The number of benzene rings is 1. The molecule has 0 radical (unpaired) electrons. The number of hydrogen-bond donors (Lipinski definition) is 1. The number of rotatable bonds is 4. The van der Waals surface area contributed by atoms with Crippen molar-refractivity contribution in [1.82, 2.24) is 10.2 Å². The van der Waals surface area contributed by atoms with Crippen LogP contribution in [0.2, 0.25) is 0 Å². The molecular formula is C16H21FN2O2. The molecule has 2 amide bonds. The van der Waals surface area contributed by atoms with Gasteiger partial charge in [-0.25, -0.2) is 4.39 Å². The van der Waals surface area contributed by atoms with Gasteiger partial charge in [0.2, 0.25) is 11.8 Å². The summed E-state index contributed by atoms with van der Waals surface area (Å²) in [7, 11) is 0. The van der Waals surface area contributed by atoms with Crippen LogP contribution < -0.4 is 5.32 Å². The summed E-state index contributed by atoms with van der Waals surface area (Å²) in [5.41, 5.74) is 1.65. The van der Waals surface area contributed by atoms with E-state index >= 15 is 0 Å². The molecule has 0 aromatic heterocycles. The quantitative estimate of drug-likeness (QED) is 0.923. The van der Waals surface area contributed by atoms with Crippen LogP contribution in [0.1, 0.15) is 31.4 Å². The van der Waals surface area contributed by atoms with E-state index in [1.807, 2.05) is 13.8 Å². The molecule has 1 unspecified atom stereocenters. The third-order valence-electron chi connectivity index (χ3n) is 3.65. The predicted molar refractivity (Wildman–Crippen MR) is 77.9 cm³/mol. The Morgan fingerprint density at radius 3 is 2.71 bits per heavy atom. The summed E-state index contributed by atoms with van der Waals surface area (Å²) >= 11 is 0. The fourth-order valence-electron chi connectivity index (χ4n) is 2.58. The summed E-state index contributed by atoms with van der Waals surface area (Å²) in [6.45, 7) is 6.24. The van der Waals surface area contributed by atoms with E-state index in [-0.39, 0.29) is 24.2 Å². The highest BCUT2D eigenvalue weighted by molar-refractivity contribution is 5.94. The molecule has 1 atom stereocenters. The average molecular weight is 292 g/mol. The Balaban J connectivity index is 2.14. The SMILES string of the molecule is Cc1cc(F)ccc1CN1CC(=O)NC(CC(C)C)C1=O. The maximum absolute atomic E-state index is 13.1. The average Bonchev–Trinajstić information content (AvgIpc) is 2.37. The molecule has 0 saturated carbocycles. The largest absolute Gasteiger partial charge is 0.343 e. The molecule has 21 heavy (non-hydrogen) atoms. The number of aryl methyl sites for hydroxylation is 1. The molecule has 1 aromatic rings. The van der Waals surface area contributed by atoms with E-state index in [0.717, 1.165) is 11.1 Å². The van der Waals surface area contributed by atoms with E-state index in [2.05, 4.69) is 5.32 Å². The summed E-state index contributed by atoms with van der Waals surface area (Å²) < 4.78 is 13.1. The zero-order valence-corrected chi connectivity index (χ0v) is 12.6. The fraction of sp³-hybridized carbons (Fsp3) is 0.500. The highest BCUT2D eigenvalue weighted by atomic mass is 19.1. The Morgan fingerprint density at radius 2 is 2.10 bits per heavy atom. The molecule has 1 heterocycles. The van der Waals surface area contributed by atoms with Crippen LogP contribution in [-0.4, -0.2) is 29.3 Å². The maximum Gasteiger partial charge on any atom is 0.245 e. The highest BCUT2D eigenvalue weighted by Gasteiger charge is 2.32. The topological polar surface area (TPSA) is 49.4 Å². The van der Waals surface area contributed by atoms with Gasteiger partial charge in [0.1, 0.15) is 11.9 Å². The highest BCUT2D eigenvalue weighted by Crippen LogP contribution is 2.17. The van der Waals surface area contributed by atoms with Crippen molar-refractivity contribution in [2.75, 3.05) is 6.54 Å². The van der Waals surface area contributed by atoms with Gasteiger partial charge in [-0.15, -0.1) is 0 Å². The molecule has 5 heteroatoms. The molecule has 1 aromatic carbocycles. The summed E-state index contributed by atoms with van der Waals surface area (Å²) in [6.07, 6.45) is 0.628. The minimum atomic E-state index is -0.452. The molecule has 114 valence electrons. The Labute approximate surface area is 124 Å². The lowest BCUT2D eigenvalue weighted by Crippen LogP contribution is -2.57. The second-order valence-corrected chi connectivity index (χ2v) is 6.01. The minimum Gasteiger partial charge on any atom is -0.343 e. The van der Waals surface area contributed by atoms with E-state index in [9.17, 15) is 14.0 Å². The van der Waals surface area contributed by atoms with Gasteiger partial charge in [-0.05, 0) is 42.5 Å². The molecule has 1 N–H and O–H groups in total. The van der Waals surface area contributed by atoms with Gasteiger partial charge in [0.25, 0.3) is 0 Å². The van der Waals surface area contributed by atoms with Crippen LogP contribution in [0.3, 0.4) is 0 Å². The second kappa shape index (κ2) is 6.24. The monoisotopic (exact) mass is 292 g/mol. The Kier molecular flexibility index (Phi) is 4.60. The summed E-state index contributed by atoms with van der Waals surface area (Å²) in [5.74, 6) is -0.171. The van der Waals surface area contributed by atoms with Crippen molar-refractivity contribution in [1.29, 1.82) is 0 Å². The minimum absolute atomic E-state index is 0.0598. The van der Waals surface area contributed by atoms with Gasteiger partial charge in [-0.2, -0.15) is 0 Å². The van der Waals surface area contributed by atoms with Gasteiger partial charge < -0.3 is 10.2 Å². The van der Waals surface area contributed by atoms with Gasteiger partial charge >= 0.3 is 0 Å². The standard InChI is InChI=1S/C16H21FN2O2/c1-10(2)6-14-16(21)19(9-15(20)18-14)8-12-4-5-13(17)7-11(12)3/h4-5,7,10,14H,6,8-9H2,1-3H3,(H,18,20). The number of nitrogens with one attached hydrogen (secondary N) is 1. The van der Waals surface area contributed by atoms with Gasteiger partial charge in [-0.1, -0.05) is 19.9 Å². The van der Waals surface area contributed by atoms with Crippen LogP contribution in [0.25, 0.3) is 0 Å². The molecule has 1 fully saturated rings. The molecule has 0 bridgehead atoms. The molecule has 1 aliphatic heterocycles. The van der Waals surface area contributed by atoms with Crippen molar-refractivity contribution in [2.45, 2.75) is 39.8 Å². The number of piperazine rings is 1. The van der Waals surface area contributed by atoms with Gasteiger partial charge in [0.05, 0.1) is 6.54 Å². The third kappa shape index (κ3) is 3.80. The summed E-state index contributed by atoms with van der Waals surface area (Å²) in [5, 5.41) is 2.75. The predicted octanol–water partition coefficient (Wildman–Crippen LogP) is 2.01. The van der Waals surface area contributed by atoms with E-state index in [1.54, 1.807) is 17.9 Å². The molecule has 2 rings (SSSR count). The second-order valence-electron chi connectivity index (χ2n) is 6.01. The molecule has 0 aliphatic carbocycles. The number of amides is 2. The van der Waals surface area contributed by atoms with Crippen LogP contribution in [0, 0.1) is 18.7 Å². The Morgan fingerprint density at radius 1 is 1.38 bits per heavy atom. The number of hydrogen-bond acceptors (Lipinski definition) is 2. The zero-order valence-electron chi connectivity index (χ0n) is 12.6. The molecule has 0 spiro atoms. The van der Waals surface area contributed by atoms with Crippen LogP contribution in [0.5, 0.6) is 0 Å². The first-order valence-electron chi connectivity index (χ1n) is 7.20. The van der Waals surface area contributed by atoms with Gasteiger partial charge in [0, 0.05) is 6.54 Å². The van der Waals surface area contributed by atoms with Crippen LogP contribution in [0.4, 0.5) is 4.39 Å². The normalized spacial score (nSPS) is 19.1. The van der Waals surface area contributed by atoms with Gasteiger partial charge in [0.15, 0.2) is 0 Å². The lowest BCUT2D eigenvalue weighted by Gasteiger charge is -2.33. The number of nitrogens with zero attached hydrogens (tertiary/aromatic N) is 1. The fourth-order valence-corrected chi connectivity index (χ4v) is 2.58. The van der Waals surface area contributed by atoms with Gasteiger partial charge in [-0.3, -0.25) is 9.59 Å². The molecule has 1 saturated heterocycles. The van der Waals surface area contributed by atoms with Crippen molar-refractivity contribution in [3.63, 3.8) is 0 Å². The number of carbonyl (C=O) groups is 2. The van der Waals surface area contributed by atoms with E-state index in [0.29, 0.717) is 18.9 Å². The van der Waals surface area contributed by atoms with Crippen LogP contribution >= 0.6 is 0 Å². The zero-order chi connectivity index (χ0) is 15.6. The first kappa shape index (κ1) is 15.5. The molecule has 4 nitrogen and oxygen atoms in total. The molecular weight excluding hydrogens is 271 g/mol. The van der Waals surface area contributed by atoms with Crippen molar-refractivity contribution in [2.24, 2.45) is 5.92 Å². The Bertz CT molecular complexity index is 557. The summed E-state index contributed by atoms with van der Waals surface area (Å²) in [4.78, 5) is 25.7. The van der Waals surface area contributed by atoms with Crippen LogP contribution in [0.15, 0.2) is 18.2 Å². The van der Waals surface area contributed by atoms with E-state index in [4.69, 9.17) is 0 Å².